The highest BCUT2D eigenvalue weighted by atomic mass is 16.5. The molecule has 0 bridgehead atoms. The lowest BCUT2D eigenvalue weighted by Crippen LogP contribution is -2.40. The minimum absolute atomic E-state index is 0.0103. The Bertz CT molecular complexity index is 773. The average Bonchev–Trinajstić information content (AvgIpc) is 2.99. The Kier molecular flexibility index (Phi) is 6.24. The highest BCUT2D eigenvalue weighted by Gasteiger charge is 2.29. The predicted molar refractivity (Wildman–Crippen MR) is 106 cm³/mol. The van der Waals surface area contributed by atoms with Gasteiger partial charge in [-0.25, -0.2) is 4.79 Å². The summed E-state index contributed by atoms with van der Waals surface area (Å²) >= 11 is 0. The molecule has 0 fully saturated rings. The van der Waals surface area contributed by atoms with E-state index in [1.165, 1.54) is 18.1 Å². The summed E-state index contributed by atoms with van der Waals surface area (Å²) in [6.45, 7) is 2.31. The summed E-state index contributed by atoms with van der Waals surface area (Å²) in [4.78, 5) is 24.0. The second-order valence-electron chi connectivity index (χ2n) is 6.92. The molecule has 2 aromatic carbocycles. The van der Waals surface area contributed by atoms with Crippen LogP contribution in [0, 0.1) is 0 Å². The van der Waals surface area contributed by atoms with Gasteiger partial charge in [-0.1, -0.05) is 48.5 Å². The summed E-state index contributed by atoms with van der Waals surface area (Å²) in [5, 5.41) is 2.70. The molecule has 142 valence electrons. The van der Waals surface area contributed by atoms with Crippen molar-refractivity contribution in [2.45, 2.75) is 38.1 Å². The van der Waals surface area contributed by atoms with E-state index in [2.05, 4.69) is 29.6 Å². The molecule has 0 radical (unpaired) electrons. The second kappa shape index (κ2) is 8.82. The fourth-order valence-electron chi connectivity index (χ4n) is 3.65. The lowest BCUT2D eigenvalue weighted by atomic mass is 9.98. The van der Waals surface area contributed by atoms with Gasteiger partial charge in [0, 0.05) is 5.92 Å². The monoisotopic (exact) mass is 366 g/mol. The number of carbonyl (C=O) groups excluding carboxylic acids is 2. The van der Waals surface area contributed by atoms with Crippen LogP contribution in [0.2, 0.25) is 0 Å². The molecule has 1 atom stereocenters. The van der Waals surface area contributed by atoms with Gasteiger partial charge in [0.15, 0.2) is 5.78 Å². The van der Waals surface area contributed by atoms with Gasteiger partial charge in [0.1, 0.15) is 6.61 Å². The maximum atomic E-state index is 12.3. The molecule has 1 aliphatic rings. The molecule has 27 heavy (non-hydrogen) atoms. The zero-order valence-electron chi connectivity index (χ0n) is 15.6. The SMILES string of the molecule is CC(=O)[C@H](CCCCN)NC(=O)OCC1c2ccccc2-c2ccccc21. The van der Waals surface area contributed by atoms with Gasteiger partial charge in [-0.05, 0) is 55.0 Å². The molecule has 0 aliphatic heterocycles. The Morgan fingerprint density at radius 1 is 1.04 bits per heavy atom. The number of unbranched alkanes of at least 4 members (excludes halogenated alkanes) is 1. The first-order chi connectivity index (χ1) is 13.1. The lowest BCUT2D eigenvalue weighted by molar-refractivity contribution is -0.119. The van der Waals surface area contributed by atoms with Crippen LogP contribution >= 0.6 is 0 Å². The molecule has 0 spiro atoms. The molecule has 3 N–H and O–H groups in total. The quantitative estimate of drug-likeness (QED) is 0.699. The third kappa shape index (κ3) is 4.37. The fraction of sp³-hybridized carbons (Fsp3) is 0.364. The Labute approximate surface area is 159 Å². The van der Waals surface area contributed by atoms with Crippen molar-refractivity contribution in [3.05, 3.63) is 59.7 Å². The molecule has 3 rings (SSSR count). The zero-order chi connectivity index (χ0) is 19.2. The number of ether oxygens (including phenoxy) is 1. The van der Waals surface area contributed by atoms with Crippen molar-refractivity contribution < 1.29 is 14.3 Å². The molecule has 1 aliphatic carbocycles. The van der Waals surface area contributed by atoms with E-state index in [0.29, 0.717) is 13.0 Å². The van der Waals surface area contributed by atoms with E-state index < -0.39 is 12.1 Å². The Morgan fingerprint density at radius 3 is 2.19 bits per heavy atom. The van der Waals surface area contributed by atoms with E-state index in [4.69, 9.17) is 10.5 Å². The molecule has 2 aromatic rings. The van der Waals surface area contributed by atoms with Crippen LogP contribution in [0.5, 0.6) is 0 Å². The number of hydrogen-bond donors (Lipinski definition) is 2. The van der Waals surface area contributed by atoms with E-state index in [-0.39, 0.29) is 18.3 Å². The number of nitrogens with two attached hydrogens (primary N) is 1. The number of fused-ring (bicyclic) bond motifs is 3. The fourth-order valence-corrected chi connectivity index (χ4v) is 3.65. The number of rotatable bonds is 8. The van der Waals surface area contributed by atoms with E-state index >= 15 is 0 Å². The summed E-state index contributed by atoms with van der Waals surface area (Å²) in [5.74, 6) is -0.0586. The molecule has 5 heteroatoms. The van der Waals surface area contributed by atoms with Gasteiger partial charge in [0.2, 0.25) is 0 Å². The Hall–Kier alpha value is -2.66. The number of benzene rings is 2. The second-order valence-corrected chi connectivity index (χ2v) is 6.92. The number of Topliss-reactive ketones (excluding diaryl/α,β-unsaturated/α-hetero) is 1. The highest BCUT2D eigenvalue weighted by molar-refractivity contribution is 5.85. The standard InChI is InChI=1S/C22H26N2O3/c1-15(25)21(12-6-7-13-23)24-22(26)27-14-20-18-10-4-2-8-16(18)17-9-3-5-11-19(17)20/h2-5,8-11,20-21H,6-7,12-14,23H2,1H3,(H,24,26)/t21-/m0/s1. The number of hydrogen-bond acceptors (Lipinski definition) is 4. The third-order valence-electron chi connectivity index (χ3n) is 5.07. The minimum Gasteiger partial charge on any atom is -0.449 e. The minimum atomic E-state index is -0.551. The molecule has 5 nitrogen and oxygen atoms in total. The summed E-state index contributed by atoms with van der Waals surface area (Å²) in [5.41, 5.74) is 10.2. The first-order valence-electron chi connectivity index (χ1n) is 9.44. The highest BCUT2D eigenvalue weighted by Crippen LogP contribution is 2.44. The van der Waals surface area contributed by atoms with Crippen molar-refractivity contribution >= 4 is 11.9 Å². The lowest BCUT2D eigenvalue weighted by Gasteiger charge is -2.18. The van der Waals surface area contributed by atoms with Gasteiger partial charge in [-0.3, -0.25) is 4.79 Å². The van der Waals surface area contributed by atoms with Crippen molar-refractivity contribution in [3.63, 3.8) is 0 Å². The van der Waals surface area contributed by atoms with Crippen molar-refractivity contribution in [3.8, 4) is 11.1 Å². The van der Waals surface area contributed by atoms with E-state index in [1.54, 1.807) is 0 Å². The molecular formula is C22H26N2O3. The molecule has 0 unspecified atom stereocenters. The third-order valence-corrected chi connectivity index (χ3v) is 5.07. The smallest absolute Gasteiger partial charge is 0.407 e. The zero-order valence-corrected chi connectivity index (χ0v) is 15.6. The maximum Gasteiger partial charge on any atom is 0.407 e. The Morgan fingerprint density at radius 2 is 1.63 bits per heavy atom. The van der Waals surface area contributed by atoms with Crippen LogP contribution in [-0.2, 0) is 9.53 Å². The van der Waals surface area contributed by atoms with Gasteiger partial charge < -0.3 is 15.8 Å². The van der Waals surface area contributed by atoms with E-state index in [1.807, 2.05) is 24.3 Å². The summed E-state index contributed by atoms with van der Waals surface area (Å²) in [7, 11) is 0. The number of nitrogens with one attached hydrogen (secondary N) is 1. The largest absolute Gasteiger partial charge is 0.449 e. The van der Waals surface area contributed by atoms with Crippen LogP contribution < -0.4 is 11.1 Å². The molecule has 0 heterocycles. The first kappa shape index (κ1) is 19.1. The Balaban J connectivity index is 1.64. The normalized spacial score (nSPS) is 13.6. The number of amides is 1. The van der Waals surface area contributed by atoms with Crippen molar-refractivity contribution in [2.24, 2.45) is 5.73 Å². The van der Waals surface area contributed by atoms with Crippen LogP contribution in [0.1, 0.15) is 43.2 Å². The number of carbonyl (C=O) groups is 2. The van der Waals surface area contributed by atoms with Crippen molar-refractivity contribution in [1.82, 2.24) is 5.32 Å². The van der Waals surface area contributed by atoms with Gasteiger partial charge in [0.25, 0.3) is 0 Å². The van der Waals surface area contributed by atoms with Crippen LogP contribution in [0.25, 0.3) is 11.1 Å². The summed E-state index contributed by atoms with van der Waals surface area (Å²) in [6, 6.07) is 15.9. The topological polar surface area (TPSA) is 81.4 Å². The van der Waals surface area contributed by atoms with Gasteiger partial charge in [-0.2, -0.15) is 0 Å². The van der Waals surface area contributed by atoms with E-state index in [9.17, 15) is 9.59 Å². The molecule has 0 saturated carbocycles. The predicted octanol–water partition coefficient (Wildman–Crippen LogP) is 3.61. The van der Waals surface area contributed by atoms with Crippen LogP contribution in [-0.4, -0.2) is 31.1 Å². The number of ketones is 1. The summed E-state index contributed by atoms with van der Waals surface area (Å²) in [6.07, 6.45) is 1.65. The van der Waals surface area contributed by atoms with Gasteiger partial charge in [-0.15, -0.1) is 0 Å². The molecule has 0 aromatic heterocycles. The van der Waals surface area contributed by atoms with Crippen LogP contribution in [0.3, 0.4) is 0 Å². The average molecular weight is 366 g/mol. The van der Waals surface area contributed by atoms with Gasteiger partial charge in [0.05, 0.1) is 6.04 Å². The molecular weight excluding hydrogens is 340 g/mol. The van der Waals surface area contributed by atoms with Crippen LogP contribution in [0.4, 0.5) is 4.79 Å². The maximum absolute atomic E-state index is 12.3. The van der Waals surface area contributed by atoms with E-state index in [0.717, 1.165) is 24.0 Å². The van der Waals surface area contributed by atoms with Crippen LogP contribution in [0.15, 0.2) is 48.5 Å². The summed E-state index contributed by atoms with van der Waals surface area (Å²) < 4.78 is 5.50. The molecule has 0 saturated heterocycles. The molecule has 1 amide bonds. The van der Waals surface area contributed by atoms with Crippen molar-refractivity contribution in [1.29, 1.82) is 0 Å². The first-order valence-corrected chi connectivity index (χ1v) is 9.44. The van der Waals surface area contributed by atoms with Crippen molar-refractivity contribution in [2.75, 3.05) is 13.2 Å². The number of alkyl carbamates (subject to hydrolysis) is 1. The van der Waals surface area contributed by atoms with Gasteiger partial charge >= 0.3 is 6.09 Å².